The van der Waals surface area contributed by atoms with Crippen LogP contribution in [0.25, 0.3) is 0 Å². The quantitative estimate of drug-likeness (QED) is 0.0261. The molecule has 0 bridgehead atoms. The van der Waals surface area contributed by atoms with Gasteiger partial charge in [0.15, 0.2) is 6.10 Å². The number of unbranched alkanes of at least 4 members (excludes halogenated alkanes) is 32. The lowest BCUT2D eigenvalue weighted by atomic mass is 10.0. The highest BCUT2D eigenvalue weighted by molar-refractivity contribution is 5.71. The van der Waals surface area contributed by atoms with Crippen molar-refractivity contribution in [3.05, 3.63) is 109 Å². The van der Waals surface area contributed by atoms with Gasteiger partial charge in [-0.2, -0.15) is 0 Å². The predicted molar refractivity (Wildman–Crippen MR) is 348 cm³/mol. The molecule has 0 N–H and O–H groups in total. The number of hydrogen-bond acceptors (Lipinski definition) is 6. The maximum Gasteiger partial charge on any atom is 0.306 e. The first kappa shape index (κ1) is 76.1. The Balaban J connectivity index is 4.43. The lowest BCUT2D eigenvalue weighted by molar-refractivity contribution is -0.166. The summed E-state index contributed by atoms with van der Waals surface area (Å²) in [5, 5.41) is 0. The summed E-state index contributed by atoms with van der Waals surface area (Å²) in [4.78, 5) is 38.4. The van der Waals surface area contributed by atoms with Crippen LogP contribution in [0, 0.1) is 0 Å². The molecule has 0 aromatic carbocycles. The van der Waals surface area contributed by atoms with Crippen molar-refractivity contribution in [1.82, 2.24) is 0 Å². The molecule has 6 heteroatoms. The van der Waals surface area contributed by atoms with Crippen molar-refractivity contribution in [2.45, 2.75) is 329 Å². The number of rotatable bonds is 61. The first-order valence-corrected chi connectivity index (χ1v) is 33.9. The van der Waals surface area contributed by atoms with E-state index < -0.39 is 12.1 Å². The second kappa shape index (κ2) is 67.6. The minimum Gasteiger partial charge on any atom is -0.462 e. The maximum atomic E-state index is 12.9. The fourth-order valence-corrected chi connectivity index (χ4v) is 9.44. The summed E-state index contributed by atoms with van der Waals surface area (Å²) in [6.07, 6.45) is 92.6. The first-order chi connectivity index (χ1) is 39.5. The Morgan fingerprint density at radius 3 is 0.825 bits per heavy atom. The summed E-state index contributed by atoms with van der Waals surface area (Å²) in [5.74, 6) is -0.989. The molecule has 0 radical (unpaired) electrons. The van der Waals surface area contributed by atoms with Crippen LogP contribution in [0.2, 0.25) is 0 Å². The van der Waals surface area contributed by atoms with E-state index in [-0.39, 0.29) is 31.6 Å². The van der Waals surface area contributed by atoms with E-state index in [1.54, 1.807) is 0 Å². The SMILES string of the molecule is CC/C=C\C/C=C\C/C=C\C/C=C\C/C=C\C/C=C\CCC(=O)OC(COC(=O)CCCCCCCCC/C=C\CCCCCCCCC)COC(=O)CCCCCCCCCCCCCCC/C=C\C/C=C\CCCCCCC. The Morgan fingerprint density at radius 2 is 0.512 bits per heavy atom. The third-order valence-electron chi connectivity index (χ3n) is 14.5. The molecule has 0 aromatic heterocycles. The molecule has 6 nitrogen and oxygen atoms in total. The monoisotopic (exact) mass is 1110 g/mol. The number of esters is 3. The number of allylic oxidation sites excluding steroid dienone is 18. The first-order valence-electron chi connectivity index (χ1n) is 33.9. The molecular formula is C74H126O6. The van der Waals surface area contributed by atoms with Crippen molar-refractivity contribution in [3.63, 3.8) is 0 Å². The average Bonchev–Trinajstić information content (AvgIpc) is 3.46. The zero-order chi connectivity index (χ0) is 57.8. The molecule has 1 unspecified atom stereocenters. The second-order valence-corrected chi connectivity index (χ2v) is 22.3. The minimum absolute atomic E-state index is 0.110. The maximum absolute atomic E-state index is 12.9. The second-order valence-electron chi connectivity index (χ2n) is 22.3. The van der Waals surface area contributed by atoms with Gasteiger partial charge in [-0.05, 0) is 116 Å². The summed E-state index contributed by atoms with van der Waals surface area (Å²) in [5.41, 5.74) is 0. The molecule has 0 aromatic rings. The molecule has 0 aliphatic rings. The third kappa shape index (κ3) is 64.9. The van der Waals surface area contributed by atoms with Crippen molar-refractivity contribution in [3.8, 4) is 0 Å². The highest BCUT2D eigenvalue weighted by atomic mass is 16.6. The minimum atomic E-state index is -0.824. The fraction of sp³-hybridized carbons (Fsp3) is 0.716. The molecule has 0 saturated carbocycles. The molecule has 1 atom stereocenters. The van der Waals surface area contributed by atoms with Gasteiger partial charge < -0.3 is 14.2 Å². The van der Waals surface area contributed by atoms with Crippen LogP contribution in [0.3, 0.4) is 0 Å². The molecule has 0 aliphatic carbocycles. The number of carbonyl (C=O) groups is 3. The summed E-state index contributed by atoms with van der Waals surface area (Å²) in [7, 11) is 0. The molecule has 0 rings (SSSR count). The van der Waals surface area contributed by atoms with E-state index in [1.165, 1.54) is 193 Å². The molecule has 0 fully saturated rings. The van der Waals surface area contributed by atoms with Gasteiger partial charge in [-0.1, -0.05) is 297 Å². The van der Waals surface area contributed by atoms with Crippen molar-refractivity contribution in [2.24, 2.45) is 0 Å². The molecule has 0 aliphatic heterocycles. The summed E-state index contributed by atoms with van der Waals surface area (Å²) in [6, 6.07) is 0. The van der Waals surface area contributed by atoms with Crippen molar-refractivity contribution < 1.29 is 28.6 Å². The number of carbonyl (C=O) groups excluding carboxylic acids is 3. The number of ether oxygens (including phenoxy) is 3. The van der Waals surface area contributed by atoms with E-state index >= 15 is 0 Å². The topological polar surface area (TPSA) is 78.9 Å². The van der Waals surface area contributed by atoms with E-state index in [4.69, 9.17) is 14.2 Å². The van der Waals surface area contributed by atoms with Crippen LogP contribution in [0.15, 0.2) is 109 Å². The van der Waals surface area contributed by atoms with Gasteiger partial charge in [0, 0.05) is 19.3 Å². The Morgan fingerprint density at radius 1 is 0.263 bits per heavy atom. The fourth-order valence-electron chi connectivity index (χ4n) is 9.44. The normalized spacial score (nSPS) is 12.8. The summed E-state index contributed by atoms with van der Waals surface area (Å²) < 4.78 is 16.9. The van der Waals surface area contributed by atoms with E-state index in [2.05, 4.69) is 124 Å². The van der Waals surface area contributed by atoms with Crippen LogP contribution in [-0.4, -0.2) is 37.2 Å². The molecule has 0 amide bonds. The molecular weight excluding hydrogens is 985 g/mol. The number of hydrogen-bond donors (Lipinski definition) is 0. The zero-order valence-corrected chi connectivity index (χ0v) is 52.6. The van der Waals surface area contributed by atoms with Gasteiger partial charge in [-0.3, -0.25) is 14.4 Å². The Labute approximate surface area is 495 Å². The van der Waals surface area contributed by atoms with Gasteiger partial charge in [-0.25, -0.2) is 0 Å². The van der Waals surface area contributed by atoms with Crippen LogP contribution < -0.4 is 0 Å². The van der Waals surface area contributed by atoms with E-state index in [9.17, 15) is 14.4 Å². The van der Waals surface area contributed by atoms with E-state index in [0.29, 0.717) is 19.3 Å². The van der Waals surface area contributed by atoms with Gasteiger partial charge in [-0.15, -0.1) is 0 Å². The van der Waals surface area contributed by atoms with E-state index in [1.807, 2.05) is 6.08 Å². The van der Waals surface area contributed by atoms with Gasteiger partial charge in [0.1, 0.15) is 13.2 Å². The smallest absolute Gasteiger partial charge is 0.306 e. The van der Waals surface area contributed by atoms with Gasteiger partial charge in [0.05, 0.1) is 0 Å². The largest absolute Gasteiger partial charge is 0.462 e. The van der Waals surface area contributed by atoms with Crippen LogP contribution >= 0.6 is 0 Å². The van der Waals surface area contributed by atoms with Gasteiger partial charge in [0.25, 0.3) is 0 Å². The zero-order valence-electron chi connectivity index (χ0n) is 52.6. The van der Waals surface area contributed by atoms with Crippen molar-refractivity contribution in [2.75, 3.05) is 13.2 Å². The molecule has 0 heterocycles. The Hall–Kier alpha value is -3.93. The van der Waals surface area contributed by atoms with Crippen molar-refractivity contribution >= 4 is 17.9 Å². The van der Waals surface area contributed by atoms with Gasteiger partial charge >= 0.3 is 17.9 Å². The van der Waals surface area contributed by atoms with Crippen LogP contribution in [0.5, 0.6) is 0 Å². The molecule has 80 heavy (non-hydrogen) atoms. The van der Waals surface area contributed by atoms with Crippen LogP contribution in [0.4, 0.5) is 0 Å². The average molecular weight is 1110 g/mol. The molecule has 0 saturated heterocycles. The van der Waals surface area contributed by atoms with E-state index in [0.717, 1.165) is 83.5 Å². The summed E-state index contributed by atoms with van der Waals surface area (Å²) in [6.45, 7) is 6.48. The Kier molecular flexibility index (Phi) is 64.3. The Bertz CT molecular complexity index is 1610. The van der Waals surface area contributed by atoms with Gasteiger partial charge in [0.2, 0.25) is 0 Å². The highest BCUT2D eigenvalue weighted by Gasteiger charge is 2.19. The molecule has 458 valence electrons. The lowest BCUT2D eigenvalue weighted by Crippen LogP contribution is -2.30. The molecule has 0 spiro atoms. The lowest BCUT2D eigenvalue weighted by Gasteiger charge is -2.18. The third-order valence-corrected chi connectivity index (χ3v) is 14.5. The highest BCUT2D eigenvalue weighted by Crippen LogP contribution is 2.16. The standard InChI is InChI=1S/C74H126O6/c1-4-7-10-13-16-19-22-25-28-31-34-35-36-37-38-39-41-43-46-49-52-55-58-61-64-67-73(76)79-70-71(69-78-72(75)66-63-60-57-54-51-48-45-42-33-30-27-24-21-18-15-12-9-6-3)80-74(77)68-65-62-59-56-53-50-47-44-40-32-29-26-23-20-17-14-11-8-5-2/h8,11,17,20,22,25-26,29-31,33-34,40,44,50,53,59,62,71H,4-7,9-10,12-16,18-19,21,23-24,27-28,32,35-39,41-43,45-49,51-52,54-58,60-61,63-70H2,1-3H3/b11-8-,20-17-,25-22-,29-26-,33-30-,34-31-,44-40-,53-50-,62-59-. The van der Waals surface area contributed by atoms with Crippen molar-refractivity contribution in [1.29, 1.82) is 0 Å². The predicted octanol–water partition coefficient (Wildman–Crippen LogP) is 23.4. The summed E-state index contributed by atoms with van der Waals surface area (Å²) >= 11 is 0. The van der Waals surface area contributed by atoms with Crippen LogP contribution in [-0.2, 0) is 28.6 Å². The van der Waals surface area contributed by atoms with Crippen LogP contribution in [0.1, 0.15) is 323 Å².